The minimum absolute atomic E-state index is 0.000538. The van der Waals surface area contributed by atoms with E-state index in [9.17, 15) is 8.42 Å². The van der Waals surface area contributed by atoms with Gasteiger partial charge in [-0.2, -0.15) is 5.26 Å². The number of hydrogen-bond donors (Lipinski definition) is 0. The molecule has 3 nitrogen and oxygen atoms in total. The molecule has 19 heavy (non-hydrogen) atoms. The lowest BCUT2D eigenvalue weighted by atomic mass is 9.90. The van der Waals surface area contributed by atoms with E-state index in [1.165, 1.54) is 0 Å². The van der Waals surface area contributed by atoms with E-state index in [2.05, 4.69) is 6.07 Å². The van der Waals surface area contributed by atoms with Gasteiger partial charge in [-0.15, -0.1) is 0 Å². The average molecular weight is 300 g/mol. The first-order chi connectivity index (χ1) is 8.74. The lowest BCUT2D eigenvalue weighted by Gasteiger charge is -2.14. The summed E-state index contributed by atoms with van der Waals surface area (Å²) in [5.74, 6) is 0.102. The first-order valence-corrected chi connectivity index (χ1v) is 8.30. The van der Waals surface area contributed by atoms with Crippen LogP contribution in [-0.4, -0.2) is 14.2 Å². The molecular weight excluding hydrogens is 282 g/mol. The topological polar surface area (TPSA) is 57.9 Å². The molecule has 104 valence electrons. The predicted octanol–water partition coefficient (Wildman–Crippen LogP) is 3.58. The third-order valence-electron chi connectivity index (χ3n) is 2.84. The summed E-state index contributed by atoms with van der Waals surface area (Å²) in [5, 5.41) is 9.42. The van der Waals surface area contributed by atoms with E-state index in [1.807, 2.05) is 13.8 Å². The third-order valence-corrected chi connectivity index (χ3v) is 4.75. The highest BCUT2D eigenvalue weighted by Crippen LogP contribution is 2.22. The fourth-order valence-corrected chi connectivity index (χ4v) is 3.37. The van der Waals surface area contributed by atoms with Crippen molar-refractivity contribution >= 4 is 21.4 Å². The van der Waals surface area contributed by atoms with Gasteiger partial charge >= 0.3 is 0 Å². The van der Waals surface area contributed by atoms with Crippen LogP contribution in [0.3, 0.4) is 0 Å². The van der Waals surface area contributed by atoms with Crippen molar-refractivity contribution in [3.05, 3.63) is 34.9 Å². The molecule has 5 heteroatoms. The number of rotatable bonds is 6. The Morgan fingerprint density at radius 3 is 2.63 bits per heavy atom. The van der Waals surface area contributed by atoms with Crippen LogP contribution in [0.1, 0.15) is 32.3 Å². The van der Waals surface area contributed by atoms with Gasteiger partial charge in [0.05, 0.1) is 23.0 Å². The Labute approximate surface area is 120 Å². The van der Waals surface area contributed by atoms with Crippen molar-refractivity contribution in [2.45, 2.75) is 32.4 Å². The fourth-order valence-electron chi connectivity index (χ4n) is 1.74. The zero-order valence-corrected chi connectivity index (χ0v) is 12.8. The number of nitriles is 1. The van der Waals surface area contributed by atoms with Crippen LogP contribution in [0.15, 0.2) is 24.3 Å². The van der Waals surface area contributed by atoms with Gasteiger partial charge in [-0.05, 0) is 44.4 Å². The van der Waals surface area contributed by atoms with Crippen LogP contribution in [-0.2, 0) is 15.6 Å². The summed E-state index contributed by atoms with van der Waals surface area (Å²) in [7, 11) is -3.15. The van der Waals surface area contributed by atoms with Crippen LogP contribution in [0.4, 0.5) is 0 Å². The highest BCUT2D eigenvalue weighted by atomic mass is 35.5. The number of benzene rings is 1. The van der Waals surface area contributed by atoms with E-state index >= 15 is 0 Å². The van der Waals surface area contributed by atoms with Gasteiger partial charge in [-0.25, -0.2) is 8.42 Å². The maximum Gasteiger partial charge on any atom is 0.154 e. The molecule has 0 aliphatic rings. The molecule has 0 amide bonds. The van der Waals surface area contributed by atoms with Crippen LogP contribution < -0.4 is 0 Å². The van der Waals surface area contributed by atoms with Gasteiger partial charge in [0.15, 0.2) is 9.84 Å². The Balaban J connectivity index is 2.56. The minimum Gasteiger partial charge on any atom is -0.228 e. The predicted molar refractivity (Wildman–Crippen MR) is 77.6 cm³/mol. The highest BCUT2D eigenvalue weighted by Gasteiger charge is 2.19. The van der Waals surface area contributed by atoms with E-state index in [1.54, 1.807) is 24.3 Å². The molecule has 0 unspecified atom stereocenters. The Bertz CT molecular complexity index is 573. The van der Waals surface area contributed by atoms with Crippen LogP contribution in [0.2, 0.25) is 5.02 Å². The first kappa shape index (κ1) is 16.0. The molecule has 0 saturated heterocycles. The number of sulfone groups is 1. The molecule has 0 saturated carbocycles. The Kier molecular flexibility index (Phi) is 5.39. The molecule has 0 aliphatic heterocycles. The maximum absolute atomic E-state index is 12.0. The average Bonchev–Trinajstić information content (AvgIpc) is 2.27. The molecule has 0 aromatic heterocycles. The van der Waals surface area contributed by atoms with Crippen molar-refractivity contribution < 1.29 is 8.42 Å². The second kappa shape index (κ2) is 6.40. The first-order valence-electron chi connectivity index (χ1n) is 6.10. The second-order valence-electron chi connectivity index (χ2n) is 5.32. The van der Waals surface area contributed by atoms with Gasteiger partial charge in [0.25, 0.3) is 0 Å². The normalized spacial score (nSPS) is 12.1. The molecule has 1 rings (SSSR count). The summed E-state index contributed by atoms with van der Waals surface area (Å²) >= 11 is 5.83. The zero-order chi connectivity index (χ0) is 14.5. The van der Waals surface area contributed by atoms with Crippen molar-refractivity contribution in [3.63, 3.8) is 0 Å². The molecule has 0 aliphatic carbocycles. The monoisotopic (exact) mass is 299 g/mol. The van der Waals surface area contributed by atoms with Crippen molar-refractivity contribution in [1.29, 1.82) is 5.26 Å². The standard InChI is InChI=1S/C14H18ClNO2S/c1-14(2,11-16)7-4-8-19(17,18)10-12-5-3-6-13(15)9-12/h3,5-6,9H,4,7-8,10H2,1-2H3. The summed E-state index contributed by atoms with van der Waals surface area (Å²) in [6.07, 6.45) is 1.09. The molecule has 0 N–H and O–H groups in total. The Morgan fingerprint density at radius 2 is 2.05 bits per heavy atom. The van der Waals surface area contributed by atoms with Gasteiger partial charge in [-0.3, -0.25) is 0 Å². The second-order valence-corrected chi connectivity index (χ2v) is 7.94. The van der Waals surface area contributed by atoms with Crippen molar-refractivity contribution in [1.82, 2.24) is 0 Å². The molecule has 0 atom stereocenters. The Hall–Kier alpha value is -1.05. The van der Waals surface area contributed by atoms with Crippen molar-refractivity contribution in [2.24, 2.45) is 5.41 Å². The molecule has 0 bridgehead atoms. The molecular formula is C14H18ClNO2S. The summed E-state index contributed by atoms with van der Waals surface area (Å²) in [6, 6.07) is 9.05. The summed E-state index contributed by atoms with van der Waals surface area (Å²) in [5.41, 5.74) is 0.234. The van der Waals surface area contributed by atoms with Crippen LogP contribution >= 0.6 is 11.6 Å². The summed E-state index contributed by atoms with van der Waals surface area (Å²) in [4.78, 5) is 0. The lowest BCUT2D eigenvalue weighted by Crippen LogP contribution is -2.14. The minimum atomic E-state index is -3.15. The molecule has 1 aromatic rings. The van der Waals surface area contributed by atoms with E-state index in [-0.39, 0.29) is 11.5 Å². The van der Waals surface area contributed by atoms with Crippen LogP contribution in [0, 0.1) is 16.7 Å². The number of nitrogens with zero attached hydrogens (tertiary/aromatic N) is 1. The summed E-state index contributed by atoms with van der Waals surface area (Å²) < 4.78 is 23.9. The van der Waals surface area contributed by atoms with Gasteiger partial charge < -0.3 is 0 Å². The van der Waals surface area contributed by atoms with Gasteiger partial charge in [0.2, 0.25) is 0 Å². The SMILES string of the molecule is CC(C)(C#N)CCCS(=O)(=O)Cc1cccc(Cl)c1. The van der Waals surface area contributed by atoms with Crippen LogP contribution in [0.25, 0.3) is 0 Å². The summed E-state index contributed by atoms with van der Waals surface area (Å²) in [6.45, 7) is 3.63. The quantitative estimate of drug-likeness (QED) is 0.806. The number of halogens is 1. The third kappa shape index (κ3) is 6.09. The van der Waals surface area contributed by atoms with Gasteiger partial charge in [0, 0.05) is 5.02 Å². The molecule has 0 fully saturated rings. The van der Waals surface area contributed by atoms with E-state index in [0.717, 1.165) is 0 Å². The highest BCUT2D eigenvalue weighted by molar-refractivity contribution is 7.90. The Morgan fingerprint density at radius 1 is 1.37 bits per heavy atom. The van der Waals surface area contributed by atoms with Gasteiger partial charge in [-0.1, -0.05) is 23.7 Å². The number of hydrogen-bond acceptors (Lipinski definition) is 3. The molecule has 0 heterocycles. The molecule has 0 spiro atoms. The van der Waals surface area contributed by atoms with Crippen molar-refractivity contribution in [3.8, 4) is 6.07 Å². The van der Waals surface area contributed by atoms with Gasteiger partial charge in [0.1, 0.15) is 0 Å². The smallest absolute Gasteiger partial charge is 0.154 e. The van der Waals surface area contributed by atoms with E-state index < -0.39 is 15.3 Å². The maximum atomic E-state index is 12.0. The fraction of sp³-hybridized carbons (Fsp3) is 0.500. The van der Waals surface area contributed by atoms with Crippen molar-refractivity contribution in [2.75, 3.05) is 5.75 Å². The molecule has 1 aromatic carbocycles. The van der Waals surface area contributed by atoms with Crippen LogP contribution in [0.5, 0.6) is 0 Å². The lowest BCUT2D eigenvalue weighted by molar-refractivity contribution is 0.445. The van der Waals surface area contributed by atoms with E-state index in [4.69, 9.17) is 16.9 Å². The zero-order valence-electron chi connectivity index (χ0n) is 11.2. The largest absolute Gasteiger partial charge is 0.228 e. The van der Waals surface area contributed by atoms with E-state index in [0.29, 0.717) is 23.4 Å². The molecule has 0 radical (unpaired) electrons.